The number of nitrogens with zero attached hydrogens (tertiary/aromatic N) is 1. The van der Waals surface area contributed by atoms with Crippen molar-refractivity contribution in [2.24, 2.45) is 0 Å². The third-order valence-corrected chi connectivity index (χ3v) is 4.42. The Morgan fingerprint density at radius 2 is 2.19 bits per heavy atom. The smallest absolute Gasteiger partial charge is 0.253 e. The van der Waals surface area contributed by atoms with E-state index in [1.807, 2.05) is 24.4 Å². The van der Waals surface area contributed by atoms with Gasteiger partial charge in [0.25, 0.3) is 5.91 Å². The van der Waals surface area contributed by atoms with Crippen LogP contribution in [0.4, 0.5) is 0 Å². The predicted molar refractivity (Wildman–Crippen MR) is 87.4 cm³/mol. The summed E-state index contributed by atoms with van der Waals surface area (Å²) in [5.41, 5.74) is 2.97. The maximum absolute atomic E-state index is 12.6. The van der Waals surface area contributed by atoms with E-state index in [0.717, 1.165) is 41.4 Å². The van der Waals surface area contributed by atoms with Gasteiger partial charge in [0.2, 0.25) is 0 Å². The number of carbonyl (C=O) groups excluding carboxylic acids is 1. The summed E-state index contributed by atoms with van der Waals surface area (Å²) in [6, 6.07) is 6.49. The van der Waals surface area contributed by atoms with Crippen molar-refractivity contribution < 1.29 is 4.79 Å². The molecule has 1 aromatic heterocycles. The number of rotatable bonds is 4. The molecule has 3 rings (SSSR count). The van der Waals surface area contributed by atoms with Crippen LogP contribution in [0.25, 0.3) is 17.0 Å². The second-order valence-corrected chi connectivity index (χ2v) is 5.76. The molecule has 3 nitrogen and oxygen atoms in total. The number of benzene rings is 1. The average molecular weight is 282 g/mol. The number of carbonyl (C=O) groups is 1. The Kier molecular flexibility index (Phi) is 3.82. The summed E-state index contributed by atoms with van der Waals surface area (Å²) in [5, 5.41) is 4.21. The normalized spacial score (nSPS) is 15.5. The van der Waals surface area contributed by atoms with Gasteiger partial charge < -0.3 is 9.88 Å². The zero-order chi connectivity index (χ0) is 14.8. The second kappa shape index (κ2) is 5.76. The van der Waals surface area contributed by atoms with Gasteiger partial charge >= 0.3 is 0 Å². The van der Waals surface area contributed by atoms with E-state index in [0.29, 0.717) is 6.04 Å². The lowest BCUT2D eigenvalue weighted by atomic mass is 10.1. The van der Waals surface area contributed by atoms with E-state index in [9.17, 15) is 4.79 Å². The Bertz CT molecular complexity index is 678. The third-order valence-electron chi connectivity index (χ3n) is 4.42. The van der Waals surface area contributed by atoms with Crippen LogP contribution in [0.2, 0.25) is 0 Å². The number of aromatic nitrogens is 1. The van der Waals surface area contributed by atoms with E-state index in [1.54, 1.807) is 0 Å². The highest BCUT2D eigenvalue weighted by molar-refractivity contribution is 6.07. The standard InChI is InChI=1S/C18H22N2O/c1-3-13-9-10-15-16(12-20(4-2)17(15)11-13)18(21)19-14-7-5-6-8-14/h3,9-12,14H,1,4-8H2,2H3,(H,19,21). The average Bonchev–Trinajstić information content (AvgIpc) is 3.13. The molecule has 0 bridgehead atoms. The minimum atomic E-state index is 0.0606. The summed E-state index contributed by atoms with van der Waals surface area (Å²) >= 11 is 0. The highest BCUT2D eigenvalue weighted by Crippen LogP contribution is 2.25. The van der Waals surface area contributed by atoms with E-state index < -0.39 is 0 Å². The molecular weight excluding hydrogens is 260 g/mol. The molecule has 1 N–H and O–H groups in total. The highest BCUT2D eigenvalue weighted by atomic mass is 16.1. The van der Waals surface area contributed by atoms with Crippen molar-refractivity contribution in [3.63, 3.8) is 0 Å². The lowest BCUT2D eigenvalue weighted by molar-refractivity contribution is 0.0939. The first-order valence-electron chi connectivity index (χ1n) is 7.79. The Morgan fingerprint density at radius 3 is 2.86 bits per heavy atom. The molecule has 2 aromatic rings. The molecule has 0 unspecified atom stereocenters. The summed E-state index contributed by atoms with van der Waals surface area (Å²) in [5.74, 6) is 0.0606. The molecule has 0 radical (unpaired) electrons. The zero-order valence-electron chi connectivity index (χ0n) is 12.6. The van der Waals surface area contributed by atoms with E-state index in [1.165, 1.54) is 12.8 Å². The van der Waals surface area contributed by atoms with Crippen molar-refractivity contribution in [3.8, 4) is 0 Å². The zero-order valence-corrected chi connectivity index (χ0v) is 12.6. The van der Waals surface area contributed by atoms with Crippen molar-refractivity contribution in [2.75, 3.05) is 0 Å². The number of fused-ring (bicyclic) bond motifs is 1. The lowest BCUT2D eigenvalue weighted by Gasteiger charge is -2.11. The molecule has 1 aromatic carbocycles. The van der Waals surface area contributed by atoms with Crippen LogP contribution in [0, 0.1) is 0 Å². The number of hydrogen-bond acceptors (Lipinski definition) is 1. The van der Waals surface area contributed by atoms with E-state index in [-0.39, 0.29) is 5.91 Å². The first-order valence-corrected chi connectivity index (χ1v) is 7.79. The van der Waals surface area contributed by atoms with Crippen molar-refractivity contribution in [2.45, 2.75) is 45.2 Å². The van der Waals surface area contributed by atoms with Gasteiger partial charge in [0.05, 0.1) is 5.56 Å². The van der Waals surface area contributed by atoms with E-state index in [2.05, 4.69) is 29.5 Å². The second-order valence-electron chi connectivity index (χ2n) is 5.76. The molecular formula is C18H22N2O. The SMILES string of the molecule is C=Cc1ccc2c(C(=O)NC3CCCC3)cn(CC)c2c1. The van der Waals surface area contributed by atoms with Crippen molar-refractivity contribution >= 4 is 22.9 Å². The molecule has 1 saturated carbocycles. The fourth-order valence-corrected chi connectivity index (χ4v) is 3.21. The molecule has 1 heterocycles. The summed E-state index contributed by atoms with van der Waals surface area (Å²) in [6.07, 6.45) is 8.48. The maximum atomic E-state index is 12.6. The number of hydrogen-bond donors (Lipinski definition) is 1. The fraction of sp³-hybridized carbons (Fsp3) is 0.389. The van der Waals surface area contributed by atoms with Gasteiger partial charge in [-0.25, -0.2) is 0 Å². The lowest BCUT2D eigenvalue weighted by Crippen LogP contribution is -2.32. The summed E-state index contributed by atoms with van der Waals surface area (Å²) < 4.78 is 2.13. The van der Waals surface area contributed by atoms with Crippen molar-refractivity contribution in [3.05, 3.63) is 42.1 Å². The molecule has 0 saturated heterocycles. The highest BCUT2D eigenvalue weighted by Gasteiger charge is 2.20. The monoisotopic (exact) mass is 282 g/mol. The largest absolute Gasteiger partial charge is 0.349 e. The van der Waals surface area contributed by atoms with Crippen LogP contribution in [0.15, 0.2) is 31.0 Å². The molecule has 1 aliphatic carbocycles. The minimum absolute atomic E-state index is 0.0606. The van der Waals surface area contributed by atoms with E-state index >= 15 is 0 Å². The summed E-state index contributed by atoms with van der Waals surface area (Å²) in [7, 11) is 0. The topological polar surface area (TPSA) is 34.0 Å². The number of aryl methyl sites for hydroxylation is 1. The Balaban J connectivity index is 1.97. The molecule has 0 spiro atoms. The van der Waals surface area contributed by atoms with Crippen LogP contribution >= 0.6 is 0 Å². The first-order chi connectivity index (χ1) is 10.2. The Hall–Kier alpha value is -2.03. The summed E-state index contributed by atoms with van der Waals surface area (Å²) in [6.45, 7) is 6.77. The summed E-state index contributed by atoms with van der Waals surface area (Å²) in [4.78, 5) is 12.6. The molecule has 1 amide bonds. The molecule has 3 heteroatoms. The third kappa shape index (κ3) is 2.60. The van der Waals surface area contributed by atoms with Crippen molar-refractivity contribution in [1.29, 1.82) is 0 Å². The van der Waals surface area contributed by atoms with Crippen molar-refractivity contribution in [1.82, 2.24) is 9.88 Å². The van der Waals surface area contributed by atoms with Crippen LogP contribution in [0.1, 0.15) is 48.5 Å². The fourth-order valence-electron chi connectivity index (χ4n) is 3.21. The van der Waals surface area contributed by atoms with Gasteiger partial charge in [0.15, 0.2) is 0 Å². The Morgan fingerprint density at radius 1 is 1.43 bits per heavy atom. The van der Waals surface area contributed by atoms with E-state index in [4.69, 9.17) is 0 Å². The van der Waals surface area contributed by atoms with Gasteiger partial charge in [-0.05, 0) is 31.4 Å². The predicted octanol–water partition coefficient (Wildman–Crippen LogP) is 3.98. The van der Waals surface area contributed by atoms with Gasteiger partial charge in [0, 0.05) is 29.7 Å². The molecule has 0 atom stereocenters. The molecule has 0 aliphatic heterocycles. The van der Waals surface area contributed by atoms with Gasteiger partial charge in [-0.2, -0.15) is 0 Å². The number of amides is 1. The molecule has 21 heavy (non-hydrogen) atoms. The minimum Gasteiger partial charge on any atom is -0.349 e. The number of nitrogens with one attached hydrogen (secondary N) is 1. The Labute approximate surface area is 125 Å². The first kappa shape index (κ1) is 13.9. The van der Waals surface area contributed by atoms with Crippen LogP contribution in [-0.4, -0.2) is 16.5 Å². The van der Waals surface area contributed by atoms with Gasteiger partial charge in [-0.1, -0.05) is 37.6 Å². The molecule has 1 aliphatic rings. The van der Waals surface area contributed by atoms with Gasteiger partial charge in [0.1, 0.15) is 0 Å². The molecule has 1 fully saturated rings. The van der Waals surface area contributed by atoms with Gasteiger partial charge in [-0.15, -0.1) is 0 Å². The van der Waals surface area contributed by atoms with Gasteiger partial charge in [-0.3, -0.25) is 4.79 Å². The quantitative estimate of drug-likeness (QED) is 0.904. The van der Waals surface area contributed by atoms with Crippen LogP contribution < -0.4 is 5.32 Å². The van der Waals surface area contributed by atoms with Crippen LogP contribution in [-0.2, 0) is 6.54 Å². The molecule has 110 valence electrons. The maximum Gasteiger partial charge on any atom is 0.253 e. The van der Waals surface area contributed by atoms with Crippen LogP contribution in [0.5, 0.6) is 0 Å². The van der Waals surface area contributed by atoms with Crippen LogP contribution in [0.3, 0.4) is 0 Å².